The molecule has 1 rings (SSSR count). The van der Waals surface area contributed by atoms with Gasteiger partial charge in [-0.25, -0.2) is 4.79 Å². The van der Waals surface area contributed by atoms with E-state index in [1.807, 2.05) is 24.3 Å². The molecule has 0 heterocycles. The fraction of sp³-hybridized carbons (Fsp3) is 0.500. The third kappa shape index (κ3) is 7.62. The summed E-state index contributed by atoms with van der Waals surface area (Å²) >= 11 is 7.46. The molecule has 0 aromatic heterocycles. The number of primary amides is 1. The smallest absolute Gasteiger partial charge is 0.404 e. The molecular formula is C14H21ClN2O2S. The van der Waals surface area contributed by atoms with Crippen molar-refractivity contribution in [3.05, 3.63) is 29.3 Å². The van der Waals surface area contributed by atoms with E-state index >= 15 is 0 Å². The molecule has 1 aromatic carbocycles. The Morgan fingerprint density at radius 3 is 2.55 bits per heavy atom. The molecule has 0 aliphatic rings. The van der Waals surface area contributed by atoms with Crippen LogP contribution >= 0.6 is 23.4 Å². The van der Waals surface area contributed by atoms with E-state index in [9.17, 15) is 4.79 Å². The first-order valence-corrected chi connectivity index (χ1v) is 8.02. The Morgan fingerprint density at radius 2 is 1.95 bits per heavy atom. The molecule has 0 aliphatic heterocycles. The molecule has 0 radical (unpaired) electrons. The molecule has 20 heavy (non-hydrogen) atoms. The van der Waals surface area contributed by atoms with Gasteiger partial charge in [-0.3, -0.25) is 0 Å². The maximum absolute atomic E-state index is 10.9. The number of nitrogens with two attached hydrogens (primary N) is 2. The van der Waals surface area contributed by atoms with Crippen LogP contribution in [-0.4, -0.2) is 24.5 Å². The topological polar surface area (TPSA) is 78.3 Å². The summed E-state index contributed by atoms with van der Waals surface area (Å²) in [6.45, 7) is 0.695. The van der Waals surface area contributed by atoms with Crippen molar-refractivity contribution in [2.75, 3.05) is 12.3 Å². The molecule has 1 aromatic rings. The van der Waals surface area contributed by atoms with Gasteiger partial charge in [-0.1, -0.05) is 18.0 Å². The second-order valence-corrected chi connectivity index (χ2v) is 5.99. The minimum Gasteiger partial charge on any atom is -0.446 e. The predicted octanol–water partition coefficient (Wildman–Crippen LogP) is 3.42. The highest BCUT2D eigenvalue weighted by molar-refractivity contribution is 7.99. The van der Waals surface area contributed by atoms with E-state index in [4.69, 9.17) is 27.8 Å². The van der Waals surface area contributed by atoms with Gasteiger partial charge in [0.05, 0.1) is 0 Å². The minimum atomic E-state index is -0.717. The van der Waals surface area contributed by atoms with Gasteiger partial charge >= 0.3 is 6.09 Å². The number of benzene rings is 1. The lowest BCUT2D eigenvalue weighted by molar-refractivity contribution is 0.112. The quantitative estimate of drug-likeness (QED) is 0.540. The molecular weight excluding hydrogens is 296 g/mol. The van der Waals surface area contributed by atoms with Crippen LogP contribution in [0.25, 0.3) is 0 Å². The predicted molar refractivity (Wildman–Crippen MR) is 84.2 cm³/mol. The maximum Gasteiger partial charge on any atom is 0.404 e. The fourth-order valence-corrected chi connectivity index (χ4v) is 2.82. The summed E-state index contributed by atoms with van der Waals surface area (Å²) in [4.78, 5) is 12.0. The van der Waals surface area contributed by atoms with Gasteiger partial charge in [0.25, 0.3) is 0 Å². The van der Waals surface area contributed by atoms with Gasteiger partial charge in [-0.15, -0.1) is 11.8 Å². The lowest BCUT2D eigenvalue weighted by atomic mass is 10.1. The Kier molecular flexibility index (Phi) is 8.49. The molecule has 1 amide bonds. The van der Waals surface area contributed by atoms with E-state index in [-0.39, 0.29) is 6.10 Å². The lowest BCUT2D eigenvalue weighted by Crippen LogP contribution is -2.24. The lowest BCUT2D eigenvalue weighted by Gasteiger charge is -2.16. The number of ether oxygens (including phenoxy) is 1. The fourth-order valence-electron chi connectivity index (χ4n) is 1.75. The van der Waals surface area contributed by atoms with Crippen LogP contribution in [0, 0.1) is 0 Å². The van der Waals surface area contributed by atoms with Gasteiger partial charge in [0.15, 0.2) is 0 Å². The van der Waals surface area contributed by atoms with Crippen LogP contribution in [0.15, 0.2) is 29.2 Å². The normalized spacial score (nSPS) is 12.1. The van der Waals surface area contributed by atoms with E-state index in [1.165, 1.54) is 0 Å². The van der Waals surface area contributed by atoms with Crippen LogP contribution < -0.4 is 11.5 Å². The number of rotatable bonds is 9. The highest BCUT2D eigenvalue weighted by Crippen LogP contribution is 2.23. The zero-order valence-corrected chi connectivity index (χ0v) is 13.0. The van der Waals surface area contributed by atoms with E-state index in [0.29, 0.717) is 17.3 Å². The number of carbonyl (C=O) groups excluding carboxylic acids is 1. The van der Waals surface area contributed by atoms with E-state index in [1.54, 1.807) is 11.8 Å². The van der Waals surface area contributed by atoms with Crippen molar-refractivity contribution >= 4 is 29.5 Å². The Balaban J connectivity index is 2.38. The van der Waals surface area contributed by atoms with Gasteiger partial charge in [0.2, 0.25) is 0 Å². The standard InChI is InChI=1S/C14H21ClN2O2S/c15-11-5-7-13(8-6-11)20-10-12(19-14(17)18)4-2-1-3-9-16/h5-8,12H,1-4,9-10,16H2,(H2,17,18). The molecule has 0 spiro atoms. The van der Waals surface area contributed by atoms with Crippen molar-refractivity contribution in [2.45, 2.75) is 36.7 Å². The number of unbranched alkanes of at least 4 members (excludes halogenated alkanes) is 2. The summed E-state index contributed by atoms with van der Waals surface area (Å²) in [5, 5.41) is 0.709. The van der Waals surface area contributed by atoms with Crippen molar-refractivity contribution < 1.29 is 9.53 Å². The Labute approximate surface area is 129 Å². The van der Waals surface area contributed by atoms with E-state index < -0.39 is 6.09 Å². The van der Waals surface area contributed by atoms with Gasteiger partial charge in [0.1, 0.15) is 6.10 Å². The Hall–Kier alpha value is -0.910. The van der Waals surface area contributed by atoms with Gasteiger partial charge in [-0.05, 0) is 50.1 Å². The number of thioether (sulfide) groups is 1. The highest BCUT2D eigenvalue weighted by atomic mass is 35.5. The third-order valence-electron chi connectivity index (χ3n) is 2.76. The highest BCUT2D eigenvalue weighted by Gasteiger charge is 2.13. The zero-order chi connectivity index (χ0) is 14.8. The minimum absolute atomic E-state index is 0.161. The summed E-state index contributed by atoms with van der Waals surface area (Å²) in [7, 11) is 0. The SMILES string of the molecule is NCCCCCC(CSc1ccc(Cl)cc1)OC(N)=O. The van der Waals surface area contributed by atoms with Crippen molar-refractivity contribution in [3.63, 3.8) is 0 Å². The number of amides is 1. The molecule has 1 unspecified atom stereocenters. The van der Waals surface area contributed by atoms with Crippen LogP contribution in [0.4, 0.5) is 4.79 Å². The number of halogens is 1. The zero-order valence-electron chi connectivity index (χ0n) is 11.4. The second kappa shape index (κ2) is 9.91. The van der Waals surface area contributed by atoms with Crippen LogP contribution in [-0.2, 0) is 4.74 Å². The summed E-state index contributed by atoms with van der Waals surface area (Å²) in [5.74, 6) is 0.688. The summed E-state index contributed by atoms with van der Waals surface area (Å²) in [6, 6.07) is 7.58. The first-order valence-electron chi connectivity index (χ1n) is 6.66. The molecule has 1 atom stereocenters. The molecule has 0 saturated heterocycles. The molecule has 6 heteroatoms. The number of carbonyl (C=O) groups is 1. The second-order valence-electron chi connectivity index (χ2n) is 4.46. The first-order chi connectivity index (χ1) is 9.61. The van der Waals surface area contributed by atoms with Gasteiger partial charge in [-0.2, -0.15) is 0 Å². The van der Waals surface area contributed by atoms with Crippen LogP contribution in [0.3, 0.4) is 0 Å². The average molecular weight is 317 g/mol. The van der Waals surface area contributed by atoms with Crippen LogP contribution in [0.5, 0.6) is 0 Å². The monoisotopic (exact) mass is 316 g/mol. The molecule has 0 fully saturated rings. The Morgan fingerprint density at radius 1 is 1.25 bits per heavy atom. The summed E-state index contributed by atoms with van der Waals surface area (Å²) in [6.07, 6.45) is 2.95. The maximum atomic E-state index is 10.9. The first kappa shape index (κ1) is 17.1. The largest absolute Gasteiger partial charge is 0.446 e. The van der Waals surface area contributed by atoms with E-state index in [2.05, 4.69) is 0 Å². The van der Waals surface area contributed by atoms with Crippen molar-refractivity contribution in [3.8, 4) is 0 Å². The van der Waals surface area contributed by atoms with Crippen molar-refractivity contribution in [2.24, 2.45) is 11.5 Å². The molecule has 0 aliphatic carbocycles. The molecule has 4 nitrogen and oxygen atoms in total. The number of hydrogen-bond acceptors (Lipinski definition) is 4. The molecule has 112 valence electrons. The average Bonchev–Trinajstić information content (AvgIpc) is 2.42. The molecule has 0 bridgehead atoms. The van der Waals surface area contributed by atoms with Crippen LogP contribution in [0.1, 0.15) is 25.7 Å². The molecule has 4 N–H and O–H groups in total. The Bertz CT molecular complexity index is 401. The summed E-state index contributed by atoms with van der Waals surface area (Å²) < 4.78 is 5.14. The van der Waals surface area contributed by atoms with Crippen molar-refractivity contribution in [1.29, 1.82) is 0 Å². The third-order valence-corrected chi connectivity index (χ3v) is 4.16. The summed E-state index contributed by atoms with van der Waals surface area (Å²) in [5.41, 5.74) is 10.6. The molecule has 0 saturated carbocycles. The van der Waals surface area contributed by atoms with Gasteiger partial charge < -0.3 is 16.2 Å². The van der Waals surface area contributed by atoms with Crippen LogP contribution in [0.2, 0.25) is 5.02 Å². The number of hydrogen-bond donors (Lipinski definition) is 2. The van der Waals surface area contributed by atoms with Gasteiger partial charge in [0, 0.05) is 15.7 Å². The van der Waals surface area contributed by atoms with E-state index in [0.717, 1.165) is 30.6 Å². The van der Waals surface area contributed by atoms with Crippen molar-refractivity contribution in [1.82, 2.24) is 0 Å².